The van der Waals surface area contributed by atoms with E-state index >= 15 is 0 Å². The van der Waals surface area contributed by atoms with Gasteiger partial charge in [-0.1, -0.05) is 74.5 Å². The molecule has 3 aromatic rings. The van der Waals surface area contributed by atoms with Crippen LogP contribution in [0.5, 0.6) is 0 Å². The molecule has 1 aromatic heterocycles. The SMILES string of the molecule is CC1(C)c2cccn2CC1C(c1ccccc1)c1ccccc1. The Morgan fingerprint density at radius 3 is 1.91 bits per heavy atom. The van der Waals surface area contributed by atoms with E-state index in [1.807, 2.05) is 0 Å². The van der Waals surface area contributed by atoms with Crippen molar-refractivity contribution in [2.75, 3.05) is 0 Å². The van der Waals surface area contributed by atoms with E-state index in [2.05, 4.69) is 97.4 Å². The Labute approximate surface area is 138 Å². The minimum Gasteiger partial charge on any atom is -0.351 e. The van der Waals surface area contributed by atoms with Crippen LogP contribution in [0.2, 0.25) is 0 Å². The fraction of sp³-hybridized carbons (Fsp3) is 0.273. The molecule has 0 amide bonds. The predicted octanol–water partition coefficient (Wildman–Crippen LogP) is 5.23. The van der Waals surface area contributed by atoms with Crippen LogP contribution in [0.3, 0.4) is 0 Å². The molecule has 1 heteroatoms. The minimum atomic E-state index is 0.167. The van der Waals surface area contributed by atoms with Crippen molar-refractivity contribution in [2.24, 2.45) is 5.92 Å². The third-order valence-corrected chi connectivity index (χ3v) is 5.53. The highest BCUT2D eigenvalue weighted by Crippen LogP contribution is 2.48. The molecule has 0 aliphatic carbocycles. The fourth-order valence-corrected chi connectivity index (χ4v) is 4.29. The second-order valence-corrected chi connectivity index (χ2v) is 7.17. The summed E-state index contributed by atoms with van der Waals surface area (Å²) >= 11 is 0. The van der Waals surface area contributed by atoms with Crippen LogP contribution in [0.15, 0.2) is 79.0 Å². The van der Waals surface area contributed by atoms with E-state index in [0.717, 1.165) is 6.54 Å². The topological polar surface area (TPSA) is 4.93 Å². The number of hydrogen-bond acceptors (Lipinski definition) is 0. The van der Waals surface area contributed by atoms with Crippen LogP contribution >= 0.6 is 0 Å². The van der Waals surface area contributed by atoms with Crippen molar-refractivity contribution in [1.82, 2.24) is 4.57 Å². The molecule has 1 nitrogen and oxygen atoms in total. The van der Waals surface area contributed by atoms with E-state index in [4.69, 9.17) is 0 Å². The molecule has 0 bridgehead atoms. The standard InChI is InChI=1S/C22H23N/c1-22(2)19(16-23-15-9-14-20(22)23)21(17-10-5-3-6-11-17)18-12-7-4-8-13-18/h3-15,19,21H,16H2,1-2H3. The molecule has 1 aliphatic rings. The lowest BCUT2D eigenvalue weighted by molar-refractivity contribution is 0.307. The van der Waals surface area contributed by atoms with Crippen molar-refractivity contribution in [2.45, 2.75) is 31.7 Å². The zero-order valence-corrected chi connectivity index (χ0v) is 13.8. The molecule has 0 radical (unpaired) electrons. The number of fused-ring (bicyclic) bond motifs is 1. The lowest BCUT2D eigenvalue weighted by Crippen LogP contribution is -2.30. The van der Waals surface area contributed by atoms with Gasteiger partial charge in [-0.05, 0) is 29.2 Å². The van der Waals surface area contributed by atoms with Crippen molar-refractivity contribution in [3.05, 3.63) is 95.8 Å². The minimum absolute atomic E-state index is 0.167. The van der Waals surface area contributed by atoms with Gasteiger partial charge in [-0.15, -0.1) is 0 Å². The Hall–Kier alpha value is -2.28. The molecule has 4 rings (SSSR count). The Kier molecular flexibility index (Phi) is 3.37. The molecule has 0 fully saturated rings. The van der Waals surface area contributed by atoms with E-state index in [0.29, 0.717) is 11.8 Å². The van der Waals surface area contributed by atoms with Crippen LogP contribution in [-0.2, 0) is 12.0 Å². The zero-order valence-electron chi connectivity index (χ0n) is 13.8. The van der Waals surface area contributed by atoms with E-state index in [1.165, 1.54) is 16.8 Å². The van der Waals surface area contributed by atoms with E-state index in [1.54, 1.807) is 0 Å². The number of rotatable bonds is 3. The Morgan fingerprint density at radius 1 is 0.826 bits per heavy atom. The van der Waals surface area contributed by atoms with Crippen molar-refractivity contribution in [3.8, 4) is 0 Å². The first-order chi connectivity index (χ1) is 11.2. The summed E-state index contributed by atoms with van der Waals surface area (Å²) in [5, 5.41) is 0. The number of aromatic nitrogens is 1. The normalized spacial score (nSPS) is 19.0. The molecule has 0 N–H and O–H groups in total. The smallest absolute Gasteiger partial charge is 0.0268 e. The Morgan fingerprint density at radius 2 is 1.39 bits per heavy atom. The van der Waals surface area contributed by atoms with Crippen LogP contribution in [-0.4, -0.2) is 4.57 Å². The highest BCUT2D eigenvalue weighted by Gasteiger charge is 2.44. The third kappa shape index (κ3) is 2.31. The van der Waals surface area contributed by atoms with Gasteiger partial charge in [-0.3, -0.25) is 0 Å². The zero-order chi connectivity index (χ0) is 15.9. The summed E-state index contributed by atoms with van der Waals surface area (Å²) in [4.78, 5) is 0. The average molecular weight is 301 g/mol. The largest absolute Gasteiger partial charge is 0.351 e. The first kappa shape index (κ1) is 14.3. The number of hydrogen-bond donors (Lipinski definition) is 0. The summed E-state index contributed by atoms with van der Waals surface area (Å²) in [6.07, 6.45) is 2.23. The summed E-state index contributed by atoms with van der Waals surface area (Å²) < 4.78 is 2.43. The van der Waals surface area contributed by atoms with Gasteiger partial charge >= 0.3 is 0 Å². The van der Waals surface area contributed by atoms with Gasteiger partial charge in [-0.2, -0.15) is 0 Å². The lowest BCUT2D eigenvalue weighted by Gasteiger charge is -2.34. The van der Waals surface area contributed by atoms with Gasteiger partial charge in [0.25, 0.3) is 0 Å². The van der Waals surface area contributed by atoms with Crippen molar-refractivity contribution in [3.63, 3.8) is 0 Å². The van der Waals surface area contributed by atoms with Gasteiger partial charge in [0.05, 0.1) is 0 Å². The molecule has 0 spiro atoms. The maximum atomic E-state index is 2.43. The van der Waals surface area contributed by atoms with Crippen LogP contribution in [0.25, 0.3) is 0 Å². The van der Waals surface area contributed by atoms with Crippen molar-refractivity contribution in [1.29, 1.82) is 0 Å². The second-order valence-electron chi connectivity index (χ2n) is 7.17. The molecule has 2 aromatic carbocycles. The second kappa shape index (κ2) is 5.42. The maximum absolute atomic E-state index is 2.43. The molecule has 0 saturated carbocycles. The third-order valence-electron chi connectivity index (χ3n) is 5.53. The molecule has 0 saturated heterocycles. The molecule has 2 heterocycles. The lowest BCUT2D eigenvalue weighted by atomic mass is 9.68. The van der Waals surface area contributed by atoms with Crippen molar-refractivity contribution < 1.29 is 0 Å². The van der Waals surface area contributed by atoms with Crippen LogP contribution in [0, 0.1) is 5.92 Å². The Bertz CT molecular complexity index is 744. The number of benzene rings is 2. The van der Waals surface area contributed by atoms with Gasteiger partial charge < -0.3 is 4.57 Å². The van der Waals surface area contributed by atoms with Crippen molar-refractivity contribution >= 4 is 0 Å². The summed E-state index contributed by atoms with van der Waals surface area (Å²) in [5.41, 5.74) is 4.46. The summed E-state index contributed by atoms with van der Waals surface area (Å²) in [5.74, 6) is 0.982. The summed E-state index contributed by atoms with van der Waals surface area (Å²) in [6, 6.07) is 26.4. The highest BCUT2D eigenvalue weighted by molar-refractivity contribution is 5.37. The van der Waals surface area contributed by atoms with Crippen LogP contribution in [0.1, 0.15) is 36.6 Å². The number of nitrogens with zero attached hydrogens (tertiary/aromatic N) is 1. The van der Waals surface area contributed by atoms with Gasteiger partial charge in [0.1, 0.15) is 0 Å². The van der Waals surface area contributed by atoms with E-state index in [-0.39, 0.29) is 5.41 Å². The molecule has 1 atom stereocenters. The summed E-state index contributed by atoms with van der Waals surface area (Å²) in [7, 11) is 0. The first-order valence-electron chi connectivity index (χ1n) is 8.43. The summed E-state index contributed by atoms with van der Waals surface area (Å²) in [6.45, 7) is 5.88. The van der Waals surface area contributed by atoms with Crippen LogP contribution < -0.4 is 0 Å². The molecular weight excluding hydrogens is 278 g/mol. The molecule has 23 heavy (non-hydrogen) atoms. The van der Waals surface area contributed by atoms with Gasteiger partial charge in [0, 0.05) is 29.8 Å². The highest BCUT2D eigenvalue weighted by atomic mass is 15.0. The molecular formula is C22H23N. The van der Waals surface area contributed by atoms with E-state index in [9.17, 15) is 0 Å². The van der Waals surface area contributed by atoms with Gasteiger partial charge in [0.2, 0.25) is 0 Å². The van der Waals surface area contributed by atoms with Crippen LogP contribution in [0.4, 0.5) is 0 Å². The predicted molar refractivity (Wildman–Crippen MR) is 95.7 cm³/mol. The van der Waals surface area contributed by atoms with Gasteiger partial charge in [-0.25, -0.2) is 0 Å². The average Bonchev–Trinajstić information content (AvgIpc) is 3.13. The quantitative estimate of drug-likeness (QED) is 0.624. The molecule has 1 unspecified atom stereocenters. The molecule has 116 valence electrons. The molecule has 1 aliphatic heterocycles. The monoisotopic (exact) mass is 301 g/mol. The maximum Gasteiger partial charge on any atom is 0.0268 e. The van der Waals surface area contributed by atoms with E-state index < -0.39 is 0 Å². The van der Waals surface area contributed by atoms with Gasteiger partial charge in [0.15, 0.2) is 0 Å². The Balaban J connectivity index is 1.83. The fourth-order valence-electron chi connectivity index (χ4n) is 4.29. The first-order valence-corrected chi connectivity index (χ1v) is 8.43.